The Labute approximate surface area is 195 Å². The molecule has 3 heterocycles. The van der Waals surface area contributed by atoms with Gasteiger partial charge in [0.25, 0.3) is 0 Å². The number of benzene rings is 2. The van der Waals surface area contributed by atoms with E-state index in [9.17, 15) is 0 Å². The lowest BCUT2D eigenvalue weighted by Gasteiger charge is -2.42. The molecule has 2 N–H and O–H groups in total. The zero-order valence-corrected chi connectivity index (χ0v) is 20.0. The van der Waals surface area contributed by atoms with Gasteiger partial charge in [0.05, 0.1) is 17.3 Å². The van der Waals surface area contributed by atoms with E-state index in [0.717, 1.165) is 25.0 Å². The van der Waals surface area contributed by atoms with Gasteiger partial charge in [-0.2, -0.15) is 0 Å². The van der Waals surface area contributed by atoms with Gasteiger partial charge in [-0.3, -0.25) is 5.32 Å². The molecule has 2 aromatic carbocycles. The Morgan fingerprint density at radius 2 is 1.69 bits per heavy atom. The second kappa shape index (κ2) is 9.21. The fourth-order valence-corrected chi connectivity index (χ4v) is 6.17. The van der Waals surface area contributed by atoms with Gasteiger partial charge in [0, 0.05) is 27.5 Å². The molecule has 2 aromatic heterocycles. The van der Waals surface area contributed by atoms with Gasteiger partial charge in [-0.25, -0.2) is 4.98 Å². The van der Waals surface area contributed by atoms with Gasteiger partial charge in [0.2, 0.25) is 0 Å². The van der Waals surface area contributed by atoms with Crippen molar-refractivity contribution in [3.05, 3.63) is 76.2 Å². The van der Waals surface area contributed by atoms with Crippen LogP contribution in [0.25, 0.3) is 22.2 Å². The lowest BCUT2D eigenvalue weighted by Crippen LogP contribution is -2.49. The average molecular weight is 444 g/mol. The minimum atomic E-state index is -0.0120. The van der Waals surface area contributed by atoms with Crippen LogP contribution in [0.15, 0.2) is 60.0 Å². The van der Waals surface area contributed by atoms with Crippen molar-refractivity contribution in [1.29, 1.82) is 0 Å². The summed E-state index contributed by atoms with van der Waals surface area (Å²) in [4.78, 5) is 8.96. The Hall–Kier alpha value is -2.43. The number of aromatic nitrogens is 2. The third kappa shape index (κ3) is 3.91. The summed E-state index contributed by atoms with van der Waals surface area (Å²) >= 11 is 1.80. The summed E-state index contributed by atoms with van der Waals surface area (Å²) in [6.07, 6.45) is 8.20. The minimum absolute atomic E-state index is 0.0120. The second-order valence-corrected chi connectivity index (χ2v) is 10.0. The number of nitrogens with zero attached hydrogens (tertiary/aromatic N) is 1. The van der Waals surface area contributed by atoms with Crippen molar-refractivity contribution in [1.82, 2.24) is 15.3 Å². The Balaban J connectivity index is 1.58. The van der Waals surface area contributed by atoms with Gasteiger partial charge >= 0.3 is 0 Å². The zero-order chi connectivity index (χ0) is 22.0. The molecule has 3 nitrogen and oxygen atoms in total. The van der Waals surface area contributed by atoms with Crippen LogP contribution in [0.2, 0.25) is 0 Å². The van der Waals surface area contributed by atoms with Crippen LogP contribution in [-0.2, 0) is 12.0 Å². The molecular weight excluding hydrogens is 410 g/mol. The molecule has 0 amide bonds. The molecule has 0 fully saturated rings. The van der Waals surface area contributed by atoms with Crippen molar-refractivity contribution >= 4 is 22.2 Å². The van der Waals surface area contributed by atoms with E-state index in [1.165, 1.54) is 58.4 Å². The molecule has 0 bridgehead atoms. The fraction of sp³-hybridized carbons (Fsp3) is 0.393. The molecule has 4 heteroatoms. The molecule has 0 aliphatic carbocycles. The van der Waals surface area contributed by atoms with Crippen LogP contribution in [0.4, 0.5) is 0 Å². The lowest BCUT2D eigenvalue weighted by molar-refractivity contribution is 0.215. The number of H-pyrrole nitrogens is 1. The number of aromatic amines is 1. The normalized spacial score (nSPS) is 17.5. The number of hydrogen-bond donors (Lipinski definition) is 2. The number of hydrogen-bond acceptors (Lipinski definition) is 3. The van der Waals surface area contributed by atoms with Gasteiger partial charge in [0.1, 0.15) is 5.01 Å². The third-order valence-electron chi connectivity index (χ3n) is 6.95. The Morgan fingerprint density at radius 1 is 0.969 bits per heavy atom. The van der Waals surface area contributed by atoms with Crippen LogP contribution in [0, 0.1) is 0 Å². The van der Waals surface area contributed by atoms with Gasteiger partial charge in [0.15, 0.2) is 0 Å². The molecule has 0 radical (unpaired) electrons. The molecule has 32 heavy (non-hydrogen) atoms. The van der Waals surface area contributed by atoms with Gasteiger partial charge in [-0.1, -0.05) is 88.1 Å². The molecule has 166 valence electrons. The van der Waals surface area contributed by atoms with E-state index in [2.05, 4.69) is 84.1 Å². The Bertz CT molecular complexity index is 1170. The number of thiazole rings is 1. The van der Waals surface area contributed by atoms with E-state index in [0.29, 0.717) is 0 Å². The second-order valence-electron chi connectivity index (χ2n) is 9.15. The lowest BCUT2D eigenvalue weighted by atomic mass is 9.77. The largest absolute Gasteiger partial charge is 0.357 e. The molecule has 0 spiro atoms. The molecule has 1 aliphatic heterocycles. The van der Waals surface area contributed by atoms with Gasteiger partial charge in [-0.15, -0.1) is 11.3 Å². The summed E-state index contributed by atoms with van der Waals surface area (Å²) in [5, 5.41) is 8.96. The predicted octanol–water partition coefficient (Wildman–Crippen LogP) is 7.75. The first-order valence-corrected chi connectivity index (χ1v) is 13.0. The van der Waals surface area contributed by atoms with Crippen molar-refractivity contribution in [3.63, 3.8) is 0 Å². The number of para-hydroxylation sites is 1. The summed E-state index contributed by atoms with van der Waals surface area (Å²) in [5.74, 6) is 0. The van der Waals surface area contributed by atoms with Crippen molar-refractivity contribution < 1.29 is 0 Å². The summed E-state index contributed by atoms with van der Waals surface area (Å²) in [6.45, 7) is 4.60. The molecule has 0 saturated heterocycles. The highest BCUT2D eigenvalue weighted by Crippen LogP contribution is 2.45. The van der Waals surface area contributed by atoms with E-state index in [-0.39, 0.29) is 11.6 Å². The standard InChI is InChI=1S/C28H33N3S/c1-3-5-16-28(17-6-4-2)26-22(21-14-10-11-15-23(21)29-26)18-24(31-28)27-30-25(19-32-27)20-12-8-7-9-13-20/h7-15,19,24,29,31H,3-6,16-18H2,1-2H3/t24-/m1/s1. The van der Waals surface area contributed by atoms with Gasteiger partial charge < -0.3 is 4.98 Å². The van der Waals surface area contributed by atoms with Crippen LogP contribution < -0.4 is 5.32 Å². The molecule has 5 rings (SSSR count). The molecular formula is C28H33N3S. The molecule has 4 aromatic rings. The van der Waals surface area contributed by atoms with E-state index >= 15 is 0 Å². The van der Waals surface area contributed by atoms with Crippen LogP contribution in [0.1, 0.15) is 74.7 Å². The number of nitrogens with one attached hydrogen (secondary N) is 2. The Morgan fingerprint density at radius 3 is 2.44 bits per heavy atom. The van der Waals surface area contributed by atoms with E-state index in [1.54, 1.807) is 11.3 Å². The quantitative estimate of drug-likeness (QED) is 0.292. The monoisotopic (exact) mass is 443 g/mol. The molecule has 1 atom stereocenters. The third-order valence-corrected chi connectivity index (χ3v) is 7.91. The highest BCUT2D eigenvalue weighted by atomic mass is 32.1. The van der Waals surface area contributed by atoms with Gasteiger partial charge in [-0.05, 0) is 30.9 Å². The number of rotatable bonds is 8. The highest BCUT2D eigenvalue weighted by molar-refractivity contribution is 7.10. The van der Waals surface area contributed by atoms with Crippen molar-refractivity contribution in [2.75, 3.05) is 0 Å². The summed E-state index contributed by atoms with van der Waals surface area (Å²) in [5.41, 5.74) is 6.46. The molecule has 1 aliphatic rings. The summed E-state index contributed by atoms with van der Waals surface area (Å²) in [6, 6.07) is 19.6. The first-order valence-electron chi connectivity index (χ1n) is 12.1. The maximum atomic E-state index is 5.11. The molecule has 0 saturated carbocycles. The number of fused-ring (bicyclic) bond motifs is 3. The number of unbranched alkanes of at least 4 members (excludes halogenated alkanes) is 2. The van der Waals surface area contributed by atoms with Crippen LogP contribution in [-0.4, -0.2) is 9.97 Å². The van der Waals surface area contributed by atoms with E-state index in [1.807, 2.05) is 0 Å². The van der Waals surface area contributed by atoms with Crippen molar-refractivity contribution in [3.8, 4) is 11.3 Å². The average Bonchev–Trinajstić information content (AvgIpc) is 3.48. The van der Waals surface area contributed by atoms with E-state index < -0.39 is 0 Å². The predicted molar refractivity (Wildman–Crippen MR) is 136 cm³/mol. The van der Waals surface area contributed by atoms with Crippen LogP contribution >= 0.6 is 11.3 Å². The minimum Gasteiger partial charge on any atom is -0.357 e. The SMILES string of the molecule is CCCCC1(CCCC)N[C@@H](c2nc(-c3ccccc3)cs2)Cc2c1[nH]c1ccccc21. The van der Waals surface area contributed by atoms with Crippen molar-refractivity contribution in [2.45, 2.75) is 70.4 Å². The smallest absolute Gasteiger partial charge is 0.111 e. The topological polar surface area (TPSA) is 40.7 Å². The molecule has 0 unspecified atom stereocenters. The summed E-state index contributed by atoms with van der Waals surface area (Å²) < 4.78 is 0. The maximum absolute atomic E-state index is 5.11. The first kappa shape index (κ1) is 21.4. The maximum Gasteiger partial charge on any atom is 0.111 e. The fourth-order valence-electron chi connectivity index (χ4n) is 5.30. The first-order chi connectivity index (χ1) is 15.7. The summed E-state index contributed by atoms with van der Waals surface area (Å²) in [7, 11) is 0. The van der Waals surface area contributed by atoms with Crippen molar-refractivity contribution in [2.24, 2.45) is 0 Å². The van der Waals surface area contributed by atoms with Crippen LogP contribution in [0.3, 0.4) is 0 Å². The van der Waals surface area contributed by atoms with E-state index in [4.69, 9.17) is 4.98 Å². The zero-order valence-electron chi connectivity index (χ0n) is 19.2. The Kier molecular flexibility index (Phi) is 6.16. The van der Waals surface area contributed by atoms with Crippen LogP contribution in [0.5, 0.6) is 0 Å². The highest BCUT2D eigenvalue weighted by Gasteiger charge is 2.42.